The lowest BCUT2D eigenvalue weighted by Gasteiger charge is -2.41. The lowest BCUT2D eigenvalue weighted by Crippen LogP contribution is -2.54. The molecule has 0 saturated carbocycles. The molecule has 0 N–H and O–H groups in total. The normalized spacial score (nSPS) is 17.7. The van der Waals surface area contributed by atoms with Gasteiger partial charge in [-0.2, -0.15) is 0 Å². The zero-order valence-electron chi connectivity index (χ0n) is 14.7. The van der Waals surface area contributed by atoms with E-state index in [1.165, 1.54) is 12.1 Å². The monoisotopic (exact) mass is 343 g/mol. The molecule has 1 unspecified atom stereocenters. The highest BCUT2D eigenvalue weighted by Gasteiger charge is 2.30. The van der Waals surface area contributed by atoms with Crippen LogP contribution in [0.25, 0.3) is 0 Å². The number of hydrogen-bond acceptors (Lipinski definition) is 3. The third-order valence-corrected chi connectivity index (χ3v) is 5.00. The Hall–Kier alpha value is -2.63. The van der Waals surface area contributed by atoms with E-state index in [4.69, 9.17) is 0 Å². The van der Waals surface area contributed by atoms with E-state index in [9.17, 15) is 14.0 Å². The van der Waals surface area contributed by atoms with Crippen molar-refractivity contribution in [1.29, 1.82) is 0 Å². The highest BCUT2D eigenvalue weighted by Crippen LogP contribution is 2.22. The minimum atomic E-state index is -0.254. The molecule has 6 heteroatoms. The summed E-state index contributed by atoms with van der Waals surface area (Å²) in [6, 6.07) is 8.09. The summed E-state index contributed by atoms with van der Waals surface area (Å²) in [7, 11) is 1.80. The second-order valence-corrected chi connectivity index (χ2v) is 6.52. The number of aromatic nitrogens is 1. The van der Waals surface area contributed by atoms with Gasteiger partial charge in [0.1, 0.15) is 11.5 Å². The van der Waals surface area contributed by atoms with E-state index in [-0.39, 0.29) is 17.8 Å². The zero-order valence-corrected chi connectivity index (χ0v) is 14.7. The molecule has 5 nitrogen and oxygen atoms in total. The van der Waals surface area contributed by atoms with E-state index >= 15 is 0 Å². The van der Waals surface area contributed by atoms with Gasteiger partial charge in [0.15, 0.2) is 6.29 Å². The summed E-state index contributed by atoms with van der Waals surface area (Å²) in [5.74, 6) is -0.319. The van der Waals surface area contributed by atoms with Crippen molar-refractivity contribution in [2.24, 2.45) is 7.05 Å². The molecule has 0 radical (unpaired) electrons. The fraction of sp³-hybridized carbons (Fsp3) is 0.368. The highest BCUT2D eigenvalue weighted by molar-refractivity contribution is 5.95. The van der Waals surface area contributed by atoms with Gasteiger partial charge in [0, 0.05) is 49.7 Å². The van der Waals surface area contributed by atoms with Gasteiger partial charge in [-0.05, 0) is 44.2 Å². The first-order valence-electron chi connectivity index (χ1n) is 8.35. The summed E-state index contributed by atoms with van der Waals surface area (Å²) < 4.78 is 14.9. The smallest absolute Gasteiger partial charge is 0.270 e. The van der Waals surface area contributed by atoms with E-state index in [1.807, 2.05) is 18.7 Å². The molecule has 1 aliphatic heterocycles. The van der Waals surface area contributed by atoms with Crippen LogP contribution in [0.4, 0.5) is 10.1 Å². The van der Waals surface area contributed by atoms with Crippen molar-refractivity contribution >= 4 is 17.9 Å². The maximum absolute atomic E-state index is 13.1. The first kappa shape index (κ1) is 17.2. The molecule has 2 aromatic rings. The van der Waals surface area contributed by atoms with E-state index in [2.05, 4.69) is 4.90 Å². The number of rotatable bonds is 3. The van der Waals surface area contributed by atoms with Gasteiger partial charge in [0.05, 0.1) is 0 Å². The lowest BCUT2D eigenvalue weighted by molar-refractivity contribution is 0.0664. The topological polar surface area (TPSA) is 45.6 Å². The molecule has 0 aliphatic carbocycles. The van der Waals surface area contributed by atoms with Crippen LogP contribution in [0, 0.1) is 12.7 Å². The minimum Gasteiger partial charge on any atom is -0.368 e. The lowest BCUT2D eigenvalue weighted by atomic mass is 10.1. The quantitative estimate of drug-likeness (QED) is 0.805. The molecule has 25 heavy (non-hydrogen) atoms. The molecule has 0 spiro atoms. The van der Waals surface area contributed by atoms with Gasteiger partial charge in [-0.25, -0.2) is 4.39 Å². The van der Waals surface area contributed by atoms with Crippen molar-refractivity contribution in [1.82, 2.24) is 9.47 Å². The average Bonchev–Trinajstić information content (AvgIpc) is 2.90. The summed E-state index contributed by atoms with van der Waals surface area (Å²) in [6.07, 6.45) is 0.780. The Bertz CT molecular complexity index is 798. The van der Waals surface area contributed by atoms with E-state index in [1.54, 1.807) is 29.8 Å². The van der Waals surface area contributed by atoms with Crippen LogP contribution in [0.2, 0.25) is 0 Å². The van der Waals surface area contributed by atoms with Gasteiger partial charge in [-0.15, -0.1) is 0 Å². The Morgan fingerprint density at radius 3 is 2.48 bits per heavy atom. The van der Waals surface area contributed by atoms with Crippen LogP contribution in [0.3, 0.4) is 0 Å². The van der Waals surface area contributed by atoms with Gasteiger partial charge in [-0.3, -0.25) is 9.59 Å². The standard InChI is InChI=1S/C19H22FN3O2/c1-13-11-22(17-6-4-16(20)5-7-17)8-9-23(13)19(25)18-10-15(12-24)14(2)21(18)3/h4-7,10,12-13H,8-9,11H2,1-3H3. The van der Waals surface area contributed by atoms with E-state index in [0.717, 1.165) is 17.7 Å². The van der Waals surface area contributed by atoms with Crippen LogP contribution in [0.5, 0.6) is 0 Å². The number of benzene rings is 1. The Balaban J connectivity index is 1.76. The SMILES string of the molecule is Cc1c(C=O)cc(C(=O)N2CCN(c3ccc(F)cc3)CC2C)n1C. The third-order valence-electron chi connectivity index (χ3n) is 5.00. The van der Waals surface area contributed by atoms with Crippen LogP contribution in [-0.4, -0.2) is 47.3 Å². The Kier molecular flexibility index (Phi) is 4.61. The third kappa shape index (κ3) is 3.16. The molecule has 2 heterocycles. The number of piperazine rings is 1. The number of anilines is 1. The number of aldehydes is 1. The highest BCUT2D eigenvalue weighted by atomic mass is 19.1. The second-order valence-electron chi connectivity index (χ2n) is 6.52. The molecule has 1 saturated heterocycles. The van der Waals surface area contributed by atoms with Crippen molar-refractivity contribution in [3.8, 4) is 0 Å². The zero-order chi connectivity index (χ0) is 18.1. The summed E-state index contributed by atoms with van der Waals surface area (Å²) in [5.41, 5.74) is 2.82. The molecule has 1 aliphatic rings. The maximum atomic E-state index is 13.1. The maximum Gasteiger partial charge on any atom is 0.270 e. The van der Waals surface area contributed by atoms with Crippen molar-refractivity contribution in [3.63, 3.8) is 0 Å². The van der Waals surface area contributed by atoms with Crippen molar-refractivity contribution in [2.75, 3.05) is 24.5 Å². The van der Waals surface area contributed by atoms with E-state index in [0.29, 0.717) is 30.9 Å². The fourth-order valence-electron chi connectivity index (χ4n) is 3.34. The van der Waals surface area contributed by atoms with Gasteiger partial charge in [-0.1, -0.05) is 0 Å². The number of halogens is 1. The number of amides is 1. The van der Waals surface area contributed by atoms with Gasteiger partial charge >= 0.3 is 0 Å². The van der Waals surface area contributed by atoms with Crippen LogP contribution >= 0.6 is 0 Å². The summed E-state index contributed by atoms with van der Waals surface area (Å²) in [6.45, 7) is 5.78. The molecule has 1 aromatic heterocycles. The molecule has 1 atom stereocenters. The van der Waals surface area contributed by atoms with Crippen molar-refractivity contribution < 1.29 is 14.0 Å². The Morgan fingerprint density at radius 2 is 1.92 bits per heavy atom. The van der Waals surface area contributed by atoms with Crippen LogP contribution in [0.15, 0.2) is 30.3 Å². The first-order chi connectivity index (χ1) is 11.9. The number of nitrogens with zero attached hydrogens (tertiary/aromatic N) is 3. The van der Waals surface area contributed by atoms with Crippen molar-refractivity contribution in [2.45, 2.75) is 19.9 Å². The molecule has 1 aromatic carbocycles. The Labute approximate surface area is 146 Å². The second kappa shape index (κ2) is 6.70. The van der Waals surface area contributed by atoms with Crippen molar-refractivity contribution in [3.05, 3.63) is 53.1 Å². The average molecular weight is 343 g/mol. The van der Waals surface area contributed by atoms with Gasteiger partial charge in [0.25, 0.3) is 5.91 Å². The first-order valence-corrected chi connectivity index (χ1v) is 8.35. The van der Waals surface area contributed by atoms with Gasteiger partial charge < -0.3 is 14.4 Å². The number of carbonyl (C=O) groups is 2. The summed E-state index contributed by atoms with van der Waals surface area (Å²) in [5, 5.41) is 0. The fourth-order valence-corrected chi connectivity index (χ4v) is 3.34. The largest absolute Gasteiger partial charge is 0.368 e. The Morgan fingerprint density at radius 1 is 1.24 bits per heavy atom. The molecule has 1 fully saturated rings. The van der Waals surface area contributed by atoms with E-state index < -0.39 is 0 Å². The predicted octanol–water partition coefficient (Wildman–Crippen LogP) is 2.64. The summed E-state index contributed by atoms with van der Waals surface area (Å²) in [4.78, 5) is 28.0. The number of hydrogen-bond donors (Lipinski definition) is 0. The van der Waals surface area contributed by atoms with Crippen LogP contribution < -0.4 is 4.90 Å². The molecular formula is C19H22FN3O2. The van der Waals surface area contributed by atoms with Crippen LogP contribution in [-0.2, 0) is 7.05 Å². The molecule has 0 bridgehead atoms. The molecule has 1 amide bonds. The number of carbonyl (C=O) groups excluding carboxylic acids is 2. The molecule has 3 rings (SSSR count). The molecular weight excluding hydrogens is 321 g/mol. The molecule has 132 valence electrons. The predicted molar refractivity (Wildman–Crippen MR) is 94.6 cm³/mol. The minimum absolute atomic E-state index is 0.0150. The van der Waals surface area contributed by atoms with Crippen LogP contribution in [0.1, 0.15) is 33.5 Å². The van der Waals surface area contributed by atoms with Gasteiger partial charge in [0.2, 0.25) is 0 Å². The summed E-state index contributed by atoms with van der Waals surface area (Å²) >= 11 is 0.